The molecule has 0 aromatic carbocycles. The Kier molecular flexibility index (Phi) is 3.18. The molecule has 1 amide bonds. The van der Waals surface area contributed by atoms with E-state index in [1.54, 1.807) is 17.5 Å². The van der Waals surface area contributed by atoms with Crippen molar-refractivity contribution in [3.8, 4) is 0 Å². The first-order chi connectivity index (χ1) is 6.77. The van der Waals surface area contributed by atoms with Gasteiger partial charge in [0.1, 0.15) is 0 Å². The van der Waals surface area contributed by atoms with Crippen LogP contribution >= 0.6 is 27.3 Å². The number of rotatable bonds is 3. The van der Waals surface area contributed by atoms with Gasteiger partial charge in [-0.3, -0.25) is 4.79 Å². The van der Waals surface area contributed by atoms with Crippen molar-refractivity contribution in [2.75, 3.05) is 13.1 Å². The molecule has 2 rings (SSSR count). The quantitative estimate of drug-likeness (QED) is 0.786. The fourth-order valence-electron chi connectivity index (χ4n) is 1.53. The summed E-state index contributed by atoms with van der Waals surface area (Å²) < 4.78 is 0. The number of thiazole rings is 1. The fraction of sp³-hybridized carbons (Fsp3) is 0.556. The molecule has 1 aromatic heterocycles. The minimum atomic E-state index is 0.0406. The van der Waals surface area contributed by atoms with Crippen LogP contribution in [0.4, 0.5) is 0 Å². The largest absolute Gasteiger partial charge is 0.341 e. The van der Waals surface area contributed by atoms with E-state index in [2.05, 4.69) is 20.9 Å². The smallest absolute Gasteiger partial charge is 0.236 e. The summed E-state index contributed by atoms with van der Waals surface area (Å²) in [7, 11) is 0. The second kappa shape index (κ2) is 4.40. The molecule has 0 N–H and O–H groups in total. The van der Waals surface area contributed by atoms with Gasteiger partial charge in [0.2, 0.25) is 5.91 Å². The van der Waals surface area contributed by atoms with Gasteiger partial charge in [-0.15, -0.1) is 11.3 Å². The second-order valence-corrected chi connectivity index (χ2v) is 5.34. The van der Waals surface area contributed by atoms with Gasteiger partial charge in [0.05, 0.1) is 9.83 Å². The molecule has 1 aliphatic rings. The van der Waals surface area contributed by atoms with Crippen LogP contribution in [0.2, 0.25) is 0 Å². The van der Waals surface area contributed by atoms with Gasteiger partial charge in [0, 0.05) is 31.1 Å². The molecule has 0 radical (unpaired) electrons. The minimum absolute atomic E-state index is 0.0406. The molecule has 76 valence electrons. The highest BCUT2D eigenvalue weighted by Crippen LogP contribution is 2.18. The lowest BCUT2D eigenvalue weighted by molar-refractivity contribution is -0.127. The lowest BCUT2D eigenvalue weighted by Crippen LogP contribution is -2.29. The Morgan fingerprint density at radius 3 is 3.14 bits per heavy atom. The summed E-state index contributed by atoms with van der Waals surface area (Å²) in [5.74, 6) is 0.224. The predicted octanol–water partition coefficient (Wildman–Crippen LogP) is 1.68. The van der Waals surface area contributed by atoms with Crippen LogP contribution in [-0.4, -0.2) is 33.7 Å². The van der Waals surface area contributed by atoms with Crippen LogP contribution in [0.15, 0.2) is 11.6 Å². The maximum Gasteiger partial charge on any atom is 0.236 e. The Bertz CT molecular complexity index is 315. The lowest BCUT2D eigenvalue weighted by atomic mass is 10.4. The number of hydrogen-bond acceptors (Lipinski definition) is 3. The molecule has 1 aromatic rings. The Hall–Kier alpha value is -0.420. The summed E-state index contributed by atoms with van der Waals surface area (Å²) in [5, 5.41) is 3.07. The molecule has 1 fully saturated rings. The summed E-state index contributed by atoms with van der Waals surface area (Å²) in [4.78, 5) is 17.7. The molecule has 3 nitrogen and oxygen atoms in total. The average molecular weight is 275 g/mol. The normalized spacial score (nSPS) is 21.9. The van der Waals surface area contributed by atoms with Crippen molar-refractivity contribution in [2.45, 2.75) is 17.7 Å². The fourth-order valence-corrected chi connectivity index (χ4v) is 2.63. The molecule has 1 saturated heterocycles. The van der Waals surface area contributed by atoms with E-state index in [1.807, 2.05) is 10.3 Å². The average Bonchev–Trinajstić information content (AvgIpc) is 2.77. The van der Waals surface area contributed by atoms with Crippen LogP contribution in [0, 0.1) is 0 Å². The SMILES string of the molecule is O=C1C(Br)CCN1CCc1nccs1. The number of nitrogens with zero attached hydrogens (tertiary/aromatic N) is 2. The van der Waals surface area contributed by atoms with Crippen molar-refractivity contribution in [1.82, 2.24) is 9.88 Å². The van der Waals surface area contributed by atoms with E-state index in [1.165, 1.54) is 0 Å². The zero-order valence-electron chi connectivity index (χ0n) is 7.65. The Morgan fingerprint density at radius 2 is 2.57 bits per heavy atom. The first-order valence-electron chi connectivity index (χ1n) is 4.58. The molecule has 14 heavy (non-hydrogen) atoms. The minimum Gasteiger partial charge on any atom is -0.341 e. The number of likely N-dealkylation sites (tertiary alicyclic amines) is 1. The summed E-state index contributed by atoms with van der Waals surface area (Å²) >= 11 is 5.01. The zero-order chi connectivity index (χ0) is 9.97. The highest BCUT2D eigenvalue weighted by Gasteiger charge is 2.28. The lowest BCUT2D eigenvalue weighted by Gasteiger charge is -2.14. The molecular weight excluding hydrogens is 264 g/mol. The molecule has 1 atom stereocenters. The highest BCUT2D eigenvalue weighted by molar-refractivity contribution is 9.10. The summed E-state index contributed by atoms with van der Waals surface area (Å²) in [6.45, 7) is 1.68. The van der Waals surface area contributed by atoms with Crippen molar-refractivity contribution in [3.05, 3.63) is 16.6 Å². The Labute approximate surface area is 95.3 Å². The number of aromatic nitrogens is 1. The molecule has 0 bridgehead atoms. The van der Waals surface area contributed by atoms with Gasteiger partial charge in [-0.05, 0) is 6.42 Å². The van der Waals surface area contributed by atoms with Crippen LogP contribution in [0.3, 0.4) is 0 Å². The third-order valence-corrected chi connectivity index (χ3v) is 4.00. The third-order valence-electron chi connectivity index (χ3n) is 2.31. The van der Waals surface area contributed by atoms with E-state index < -0.39 is 0 Å². The van der Waals surface area contributed by atoms with E-state index in [0.717, 1.165) is 30.9 Å². The summed E-state index contributed by atoms with van der Waals surface area (Å²) in [5.41, 5.74) is 0. The van der Waals surface area contributed by atoms with Crippen LogP contribution in [0.1, 0.15) is 11.4 Å². The van der Waals surface area contributed by atoms with Gasteiger partial charge < -0.3 is 4.90 Å². The summed E-state index contributed by atoms with van der Waals surface area (Å²) in [6.07, 6.45) is 3.61. The number of halogens is 1. The van der Waals surface area contributed by atoms with E-state index >= 15 is 0 Å². The maximum atomic E-state index is 11.5. The number of amides is 1. The molecule has 5 heteroatoms. The monoisotopic (exact) mass is 274 g/mol. The van der Waals surface area contributed by atoms with Crippen LogP contribution < -0.4 is 0 Å². The second-order valence-electron chi connectivity index (χ2n) is 3.26. The highest BCUT2D eigenvalue weighted by atomic mass is 79.9. The number of alkyl halides is 1. The zero-order valence-corrected chi connectivity index (χ0v) is 10.1. The molecule has 1 aliphatic heterocycles. The summed E-state index contributed by atoms with van der Waals surface area (Å²) in [6, 6.07) is 0. The van der Waals surface area contributed by atoms with E-state index in [9.17, 15) is 4.79 Å². The third kappa shape index (κ3) is 2.15. The maximum absolute atomic E-state index is 11.5. The first kappa shape index (κ1) is 10.1. The van der Waals surface area contributed by atoms with Gasteiger partial charge in [-0.25, -0.2) is 4.98 Å². The number of carbonyl (C=O) groups is 1. The van der Waals surface area contributed by atoms with E-state index in [-0.39, 0.29) is 10.7 Å². The molecule has 0 spiro atoms. The van der Waals surface area contributed by atoms with E-state index in [4.69, 9.17) is 0 Å². The van der Waals surface area contributed by atoms with Crippen molar-refractivity contribution < 1.29 is 4.79 Å². The molecular formula is C9H11BrN2OS. The van der Waals surface area contributed by atoms with Gasteiger partial charge in [-0.2, -0.15) is 0 Å². The van der Waals surface area contributed by atoms with Gasteiger partial charge in [-0.1, -0.05) is 15.9 Å². The van der Waals surface area contributed by atoms with Crippen LogP contribution in [0.25, 0.3) is 0 Å². The van der Waals surface area contributed by atoms with Gasteiger partial charge >= 0.3 is 0 Å². The standard InChI is InChI=1S/C9H11BrN2OS/c10-7-1-4-12(9(7)13)5-2-8-11-3-6-14-8/h3,6-7H,1-2,4-5H2. The number of carbonyl (C=O) groups excluding carboxylic acids is 1. The molecule has 0 saturated carbocycles. The Balaban J connectivity index is 1.84. The predicted molar refractivity (Wildman–Crippen MR) is 59.7 cm³/mol. The van der Waals surface area contributed by atoms with Crippen molar-refractivity contribution in [3.63, 3.8) is 0 Å². The van der Waals surface area contributed by atoms with Crippen LogP contribution in [-0.2, 0) is 11.2 Å². The van der Waals surface area contributed by atoms with Crippen molar-refractivity contribution in [2.24, 2.45) is 0 Å². The first-order valence-corrected chi connectivity index (χ1v) is 6.38. The van der Waals surface area contributed by atoms with E-state index in [0.29, 0.717) is 0 Å². The number of hydrogen-bond donors (Lipinski definition) is 0. The molecule has 0 aliphatic carbocycles. The van der Waals surface area contributed by atoms with Gasteiger partial charge in [0.25, 0.3) is 0 Å². The molecule has 1 unspecified atom stereocenters. The van der Waals surface area contributed by atoms with Crippen LogP contribution in [0.5, 0.6) is 0 Å². The molecule has 2 heterocycles. The van der Waals surface area contributed by atoms with Crippen molar-refractivity contribution in [1.29, 1.82) is 0 Å². The topological polar surface area (TPSA) is 33.2 Å². The Morgan fingerprint density at radius 1 is 1.71 bits per heavy atom. The van der Waals surface area contributed by atoms with Crippen molar-refractivity contribution >= 4 is 33.2 Å². The van der Waals surface area contributed by atoms with Gasteiger partial charge in [0.15, 0.2) is 0 Å².